The molecule has 4 N–H and O–H groups in total. The number of aliphatic hydroxyl groups is 1. The molecule has 3 rings (SSSR count). The van der Waals surface area contributed by atoms with E-state index in [9.17, 15) is 22.7 Å². The van der Waals surface area contributed by atoms with Crippen LogP contribution in [0, 0.1) is 5.82 Å². The lowest BCUT2D eigenvalue weighted by Crippen LogP contribution is -2.54. The van der Waals surface area contributed by atoms with Gasteiger partial charge in [-0.3, -0.25) is 9.52 Å². The first-order valence-electron chi connectivity index (χ1n) is 8.96. The average molecular weight is 423 g/mol. The van der Waals surface area contributed by atoms with Gasteiger partial charge in [-0.25, -0.2) is 12.8 Å². The Balaban J connectivity index is 1.78. The predicted octanol–water partition coefficient (Wildman–Crippen LogP) is 0.846. The number of halogens is 1. The van der Waals surface area contributed by atoms with Gasteiger partial charge in [0.2, 0.25) is 5.91 Å². The normalized spacial score (nSPS) is 20.0. The third-order valence-electron chi connectivity index (χ3n) is 4.61. The first kappa shape index (κ1) is 21.2. The van der Waals surface area contributed by atoms with Gasteiger partial charge in [0, 0.05) is 18.8 Å². The van der Waals surface area contributed by atoms with E-state index in [4.69, 9.17) is 10.5 Å². The molecule has 0 aromatic heterocycles. The van der Waals surface area contributed by atoms with Gasteiger partial charge >= 0.3 is 0 Å². The maximum Gasteiger partial charge on any atom is 0.261 e. The summed E-state index contributed by atoms with van der Waals surface area (Å²) in [6, 6.07) is 10.5. The summed E-state index contributed by atoms with van der Waals surface area (Å²) in [6.45, 7) is 0.130. The molecule has 1 aliphatic rings. The number of nitrogens with one attached hydrogen (secondary N) is 1. The van der Waals surface area contributed by atoms with Gasteiger partial charge < -0.3 is 20.5 Å². The number of anilines is 1. The molecule has 1 aliphatic heterocycles. The molecule has 1 amide bonds. The van der Waals surface area contributed by atoms with Crippen molar-refractivity contribution in [1.82, 2.24) is 4.90 Å². The van der Waals surface area contributed by atoms with Crippen LogP contribution in [0.5, 0.6) is 0 Å². The number of benzene rings is 2. The number of sulfonamides is 1. The predicted molar refractivity (Wildman–Crippen MR) is 104 cm³/mol. The zero-order valence-electron chi connectivity index (χ0n) is 15.5. The Labute approximate surface area is 168 Å². The van der Waals surface area contributed by atoms with E-state index < -0.39 is 28.0 Å². The maximum absolute atomic E-state index is 13.3. The summed E-state index contributed by atoms with van der Waals surface area (Å²) < 4.78 is 46.1. The Morgan fingerprint density at radius 1 is 1.24 bits per heavy atom. The molecule has 1 saturated heterocycles. The van der Waals surface area contributed by atoms with Crippen molar-refractivity contribution in [3.63, 3.8) is 0 Å². The second-order valence-electron chi connectivity index (χ2n) is 6.54. The molecule has 0 bridgehead atoms. The van der Waals surface area contributed by atoms with Gasteiger partial charge in [-0.2, -0.15) is 0 Å². The highest BCUT2D eigenvalue weighted by Gasteiger charge is 2.36. The number of morpholine rings is 1. The number of hydrogen-bond acceptors (Lipinski definition) is 6. The van der Waals surface area contributed by atoms with E-state index in [0.29, 0.717) is 12.1 Å². The van der Waals surface area contributed by atoms with Crippen LogP contribution >= 0.6 is 0 Å². The molecule has 156 valence electrons. The van der Waals surface area contributed by atoms with Crippen LogP contribution in [0.1, 0.15) is 11.7 Å². The summed E-state index contributed by atoms with van der Waals surface area (Å²) in [5.74, 6) is -0.894. The van der Waals surface area contributed by atoms with Gasteiger partial charge in [-0.05, 0) is 35.9 Å². The lowest BCUT2D eigenvalue weighted by atomic mass is 9.99. The molecule has 2 aromatic rings. The van der Waals surface area contributed by atoms with E-state index in [0.717, 1.165) is 12.1 Å². The number of aliphatic hydroxyl groups excluding tert-OH is 1. The summed E-state index contributed by atoms with van der Waals surface area (Å²) in [6.07, 6.45) is -0.571. The molecule has 0 radical (unpaired) electrons. The second kappa shape index (κ2) is 8.87. The van der Waals surface area contributed by atoms with Crippen LogP contribution in [0.3, 0.4) is 0 Å². The third kappa shape index (κ3) is 4.73. The molecule has 1 fully saturated rings. The highest BCUT2D eigenvalue weighted by Crippen LogP contribution is 2.30. The number of nitrogens with zero attached hydrogens (tertiary/aromatic N) is 1. The maximum atomic E-state index is 13.3. The minimum atomic E-state index is -3.94. The van der Waals surface area contributed by atoms with E-state index in [2.05, 4.69) is 4.72 Å². The topological polar surface area (TPSA) is 122 Å². The number of nitrogens with two attached hydrogens (primary N) is 1. The molecule has 0 spiro atoms. The standard InChI is InChI=1S/C19H22FN3O5S/c20-14-2-1-3-16(10-14)29(26,27)22-15-6-4-13(5-7-15)19-17(11-24)23(9-8-21)18(25)12-28-19/h1-7,10,17,19,22,24H,8-9,11-12,21H2/t17-,19-/m1/s1. The monoisotopic (exact) mass is 423 g/mol. The van der Waals surface area contributed by atoms with Gasteiger partial charge in [0.1, 0.15) is 18.5 Å². The second-order valence-corrected chi connectivity index (χ2v) is 8.22. The van der Waals surface area contributed by atoms with Gasteiger partial charge in [0.05, 0.1) is 17.5 Å². The minimum absolute atomic E-state index is 0.130. The largest absolute Gasteiger partial charge is 0.394 e. The number of hydrogen-bond donors (Lipinski definition) is 3. The lowest BCUT2D eigenvalue weighted by molar-refractivity contribution is -0.160. The molecule has 0 unspecified atom stereocenters. The van der Waals surface area contributed by atoms with Crippen LogP contribution in [0.4, 0.5) is 10.1 Å². The summed E-state index contributed by atoms with van der Waals surface area (Å²) >= 11 is 0. The molecule has 2 aromatic carbocycles. The molecule has 1 heterocycles. The molecule has 29 heavy (non-hydrogen) atoms. The number of amides is 1. The van der Waals surface area contributed by atoms with E-state index in [1.807, 2.05) is 0 Å². The van der Waals surface area contributed by atoms with Gasteiger partial charge in [-0.15, -0.1) is 0 Å². The summed E-state index contributed by atoms with van der Waals surface area (Å²) in [7, 11) is -3.94. The molecular weight excluding hydrogens is 401 g/mol. The smallest absolute Gasteiger partial charge is 0.261 e. The number of ether oxygens (including phenoxy) is 1. The van der Waals surface area contributed by atoms with Gasteiger partial charge in [-0.1, -0.05) is 18.2 Å². The quantitative estimate of drug-likeness (QED) is 0.607. The van der Waals surface area contributed by atoms with Crippen molar-refractivity contribution in [3.8, 4) is 0 Å². The zero-order chi connectivity index (χ0) is 21.0. The average Bonchev–Trinajstić information content (AvgIpc) is 2.70. The van der Waals surface area contributed by atoms with Crippen molar-refractivity contribution in [2.75, 3.05) is 31.0 Å². The van der Waals surface area contributed by atoms with E-state index in [1.54, 1.807) is 12.1 Å². The summed E-state index contributed by atoms with van der Waals surface area (Å²) in [5.41, 5.74) is 6.51. The first-order valence-corrected chi connectivity index (χ1v) is 10.4. The van der Waals surface area contributed by atoms with Crippen molar-refractivity contribution >= 4 is 21.6 Å². The van der Waals surface area contributed by atoms with Crippen molar-refractivity contribution < 1.29 is 27.4 Å². The van der Waals surface area contributed by atoms with E-state index >= 15 is 0 Å². The number of rotatable bonds is 7. The highest BCUT2D eigenvalue weighted by atomic mass is 32.2. The Kier molecular flexibility index (Phi) is 6.48. The van der Waals surface area contributed by atoms with Crippen molar-refractivity contribution in [1.29, 1.82) is 0 Å². The van der Waals surface area contributed by atoms with Gasteiger partial charge in [0.25, 0.3) is 10.0 Å². The van der Waals surface area contributed by atoms with Crippen LogP contribution in [-0.2, 0) is 19.6 Å². The molecular formula is C19H22FN3O5S. The van der Waals surface area contributed by atoms with Crippen LogP contribution in [-0.4, -0.2) is 56.7 Å². The SMILES string of the molecule is NCCN1C(=O)CO[C@H](c2ccc(NS(=O)(=O)c3cccc(F)c3)cc2)[C@H]1CO. The Morgan fingerprint density at radius 3 is 2.59 bits per heavy atom. The fourth-order valence-corrected chi connectivity index (χ4v) is 4.32. The fourth-order valence-electron chi connectivity index (χ4n) is 3.23. The van der Waals surface area contributed by atoms with Crippen LogP contribution in [0.2, 0.25) is 0 Å². The summed E-state index contributed by atoms with van der Waals surface area (Å²) in [4.78, 5) is 13.3. The van der Waals surface area contributed by atoms with E-state index in [-0.39, 0.29) is 36.2 Å². The van der Waals surface area contributed by atoms with E-state index in [1.165, 1.54) is 29.2 Å². The molecule has 8 nitrogen and oxygen atoms in total. The van der Waals surface area contributed by atoms with Crippen LogP contribution in [0.15, 0.2) is 53.4 Å². The highest BCUT2D eigenvalue weighted by molar-refractivity contribution is 7.92. The molecule has 10 heteroatoms. The van der Waals surface area contributed by atoms with Crippen molar-refractivity contribution in [2.24, 2.45) is 5.73 Å². The Morgan fingerprint density at radius 2 is 1.97 bits per heavy atom. The molecule has 0 saturated carbocycles. The van der Waals surface area contributed by atoms with Crippen molar-refractivity contribution in [3.05, 3.63) is 59.9 Å². The summed E-state index contributed by atoms with van der Waals surface area (Å²) in [5, 5.41) is 9.76. The Bertz CT molecular complexity index is 968. The Hall–Kier alpha value is -2.53. The fraction of sp³-hybridized carbons (Fsp3) is 0.316. The number of carbonyl (C=O) groups is 1. The third-order valence-corrected chi connectivity index (χ3v) is 5.99. The van der Waals surface area contributed by atoms with Crippen LogP contribution < -0.4 is 10.5 Å². The van der Waals surface area contributed by atoms with Gasteiger partial charge in [0.15, 0.2) is 0 Å². The van der Waals surface area contributed by atoms with Crippen molar-refractivity contribution in [2.45, 2.75) is 17.0 Å². The first-order chi connectivity index (χ1) is 13.9. The van der Waals surface area contributed by atoms with Crippen LogP contribution in [0.25, 0.3) is 0 Å². The zero-order valence-corrected chi connectivity index (χ0v) is 16.3. The lowest BCUT2D eigenvalue weighted by Gasteiger charge is -2.40. The molecule has 0 aliphatic carbocycles. The number of carbonyl (C=O) groups excluding carboxylic acids is 1. The molecule has 2 atom stereocenters. The minimum Gasteiger partial charge on any atom is -0.394 e.